The van der Waals surface area contributed by atoms with Gasteiger partial charge < -0.3 is 20.0 Å². The molecule has 2 heterocycles. The second-order valence-electron chi connectivity index (χ2n) is 5.53. The molecule has 0 unspecified atom stereocenters. The van der Waals surface area contributed by atoms with Crippen molar-refractivity contribution in [2.24, 2.45) is 0 Å². The molecule has 10 nitrogen and oxygen atoms in total. The molecule has 0 saturated heterocycles. The van der Waals surface area contributed by atoms with Gasteiger partial charge in [-0.3, -0.25) is 30.0 Å². The molecule has 0 aliphatic carbocycles. The van der Waals surface area contributed by atoms with E-state index in [2.05, 4.69) is 10.9 Å². The zero-order chi connectivity index (χ0) is 19.1. The van der Waals surface area contributed by atoms with Crippen molar-refractivity contribution in [1.29, 1.82) is 0 Å². The van der Waals surface area contributed by atoms with Crippen LogP contribution in [0.15, 0.2) is 48.1 Å². The molecule has 26 heavy (non-hydrogen) atoms. The predicted molar refractivity (Wildman–Crippen MR) is 88.6 cm³/mol. The summed E-state index contributed by atoms with van der Waals surface area (Å²) in [5, 5.41) is 17.5. The van der Waals surface area contributed by atoms with E-state index in [9.17, 15) is 19.2 Å². The number of nitrogens with zero attached hydrogens (tertiary/aromatic N) is 2. The first kappa shape index (κ1) is 18.8. The van der Waals surface area contributed by atoms with Gasteiger partial charge in [-0.25, -0.2) is 0 Å². The number of hydrazine groups is 1. The van der Waals surface area contributed by atoms with E-state index in [1.165, 1.54) is 22.2 Å². The van der Waals surface area contributed by atoms with E-state index in [1.807, 2.05) is 0 Å². The fourth-order valence-corrected chi connectivity index (χ4v) is 2.31. The topological polar surface area (TPSA) is 139 Å². The smallest absolute Gasteiger partial charge is 0.323 e. The molecular weight excluding hydrogens is 344 g/mol. The maximum absolute atomic E-state index is 12.1. The summed E-state index contributed by atoms with van der Waals surface area (Å²) < 4.78 is 0. The Kier molecular flexibility index (Phi) is 6.15. The largest absolute Gasteiger partial charge is 0.480 e. The molecule has 0 atom stereocenters. The first-order chi connectivity index (χ1) is 12.3. The number of rotatable bonds is 6. The van der Waals surface area contributed by atoms with Gasteiger partial charge in [0.15, 0.2) is 0 Å². The number of aliphatic carboxylic acids is 2. The third-order valence-electron chi connectivity index (χ3n) is 3.42. The van der Waals surface area contributed by atoms with Gasteiger partial charge in [0.05, 0.1) is 0 Å². The minimum absolute atomic E-state index is 0.279. The monoisotopic (exact) mass is 362 g/mol. The van der Waals surface area contributed by atoms with Crippen LogP contribution in [0.1, 0.15) is 12.8 Å². The first-order valence-electron chi connectivity index (χ1n) is 7.65. The number of hydrogen-bond donors (Lipinski definition) is 4. The molecule has 2 amide bonds. The van der Waals surface area contributed by atoms with E-state index in [4.69, 9.17) is 10.2 Å². The minimum atomic E-state index is -1.04. The lowest BCUT2D eigenvalue weighted by Gasteiger charge is -2.20. The third kappa shape index (κ3) is 5.51. The van der Waals surface area contributed by atoms with Gasteiger partial charge in [-0.15, -0.1) is 0 Å². The Bertz CT molecular complexity index is 675. The summed E-state index contributed by atoms with van der Waals surface area (Å²) in [5.41, 5.74) is 5.11. The van der Waals surface area contributed by atoms with E-state index >= 15 is 0 Å². The standard InChI is InChI=1S/C16H18N4O6/c21-13(22)9-19-5-1-3-11(7-19)15(25)17-18-16(26)12-4-2-6-20(8-12)10-14(23)24/h1-2,5-8H,3-4,9-10H2,(H,17,25)(H,18,26)(H,21,22)(H,23,24). The lowest BCUT2D eigenvalue weighted by molar-refractivity contribution is -0.138. The first-order valence-corrected chi connectivity index (χ1v) is 7.65. The lowest BCUT2D eigenvalue weighted by atomic mass is 10.1. The number of carbonyl (C=O) groups excluding carboxylic acids is 2. The minimum Gasteiger partial charge on any atom is -0.480 e. The highest BCUT2D eigenvalue weighted by atomic mass is 16.4. The van der Waals surface area contributed by atoms with Crippen molar-refractivity contribution < 1.29 is 29.4 Å². The summed E-state index contributed by atoms with van der Waals surface area (Å²) in [6.07, 6.45) is 9.78. The number of carbonyl (C=O) groups is 4. The maximum atomic E-state index is 12.1. The number of nitrogens with one attached hydrogen (secondary N) is 2. The number of amides is 2. The Morgan fingerprint density at radius 2 is 1.19 bits per heavy atom. The maximum Gasteiger partial charge on any atom is 0.323 e. The molecule has 0 saturated carbocycles. The Morgan fingerprint density at radius 1 is 0.808 bits per heavy atom. The van der Waals surface area contributed by atoms with Crippen LogP contribution < -0.4 is 10.9 Å². The Balaban J connectivity index is 1.89. The third-order valence-corrected chi connectivity index (χ3v) is 3.42. The molecule has 2 aliphatic heterocycles. The SMILES string of the molecule is O=C(O)CN1C=CCC(C(=O)NNC(=O)C2=CN(CC(=O)O)C=CC2)=C1. The molecule has 0 aromatic rings. The van der Waals surface area contributed by atoms with E-state index in [-0.39, 0.29) is 13.1 Å². The molecule has 2 rings (SSSR count). The van der Waals surface area contributed by atoms with Crippen molar-refractivity contribution in [2.45, 2.75) is 12.8 Å². The number of hydrogen-bond acceptors (Lipinski definition) is 6. The summed E-state index contributed by atoms with van der Waals surface area (Å²) in [4.78, 5) is 48.3. The summed E-state index contributed by atoms with van der Waals surface area (Å²) in [6.45, 7) is -0.559. The van der Waals surface area contributed by atoms with Gasteiger partial charge in [0.1, 0.15) is 13.1 Å². The molecule has 0 aromatic heterocycles. The van der Waals surface area contributed by atoms with Crippen molar-refractivity contribution in [3.05, 3.63) is 48.1 Å². The van der Waals surface area contributed by atoms with Gasteiger partial charge in [0.2, 0.25) is 0 Å². The molecule has 0 aromatic carbocycles. The highest BCUT2D eigenvalue weighted by Crippen LogP contribution is 2.13. The van der Waals surface area contributed by atoms with Gasteiger partial charge >= 0.3 is 11.9 Å². The molecule has 0 radical (unpaired) electrons. The van der Waals surface area contributed by atoms with Crippen LogP contribution in [0.2, 0.25) is 0 Å². The quantitative estimate of drug-likeness (QED) is 0.464. The molecular formula is C16H18N4O6. The zero-order valence-electron chi connectivity index (χ0n) is 13.7. The van der Waals surface area contributed by atoms with E-state index in [0.717, 1.165) is 0 Å². The second-order valence-corrected chi connectivity index (χ2v) is 5.53. The van der Waals surface area contributed by atoms with Crippen molar-refractivity contribution >= 4 is 23.8 Å². The van der Waals surface area contributed by atoms with Crippen molar-refractivity contribution in [3.63, 3.8) is 0 Å². The average Bonchev–Trinajstić information content (AvgIpc) is 2.58. The molecule has 0 spiro atoms. The van der Waals surface area contributed by atoms with Crippen LogP contribution >= 0.6 is 0 Å². The summed E-state index contributed by atoms with van der Waals surface area (Å²) in [5.74, 6) is -3.20. The summed E-state index contributed by atoms with van der Waals surface area (Å²) in [7, 11) is 0. The highest BCUT2D eigenvalue weighted by molar-refractivity contribution is 5.98. The Hall–Kier alpha value is -3.56. The normalized spacial score (nSPS) is 15.8. The van der Waals surface area contributed by atoms with Gasteiger partial charge in [0.25, 0.3) is 11.8 Å². The second kappa shape index (κ2) is 8.51. The van der Waals surface area contributed by atoms with Gasteiger partial charge in [0, 0.05) is 35.9 Å². The van der Waals surface area contributed by atoms with Crippen LogP contribution in [0.3, 0.4) is 0 Å². The van der Waals surface area contributed by atoms with Gasteiger partial charge in [-0.05, 0) is 12.8 Å². The van der Waals surface area contributed by atoms with Gasteiger partial charge in [-0.1, -0.05) is 12.2 Å². The number of carboxylic acids is 2. The van der Waals surface area contributed by atoms with Crippen molar-refractivity contribution in [1.82, 2.24) is 20.7 Å². The Labute approximate surface area is 148 Å². The van der Waals surface area contributed by atoms with Crippen molar-refractivity contribution in [3.8, 4) is 0 Å². The van der Waals surface area contributed by atoms with E-state index in [0.29, 0.717) is 24.0 Å². The van der Waals surface area contributed by atoms with Crippen LogP contribution in [0.5, 0.6) is 0 Å². The fraction of sp³-hybridized carbons (Fsp3) is 0.250. The lowest BCUT2D eigenvalue weighted by Crippen LogP contribution is -2.44. The van der Waals surface area contributed by atoms with Crippen LogP contribution in [0.25, 0.3) is 0 Å². The molecule has 10 heteroatoms. The van der Waals surface area contributed by atoms with Crippen LogP contribution in [0.4, 0.5) is 0 Å². The predicted octanol–water partition coefficient (Wildman–Crippen LogP) is -0.490. The van der Waals surface area contributed by atoms with Crippen LogP contribution in [0, 0.1) is 0 Å². The number of allylic oxidation sites excluding steroid dienone is 2. The summed E-state index contributed by atoms with van der Waals surface area (Å²) in [6, 6.07) is 0. The molecule has 138 valence electrons. The van der Waals surface area contributed by atoms with Crippen LogP contribution in [-0.4, -0.2) is 56.9 Å². The molecule has 4 N–H and O–H groups in total. The fourth-order valence-electron chi connectivity index (χ4n) is 2.31. The molecule has 0 fully saturated rings. The van der Waals surface area contributed by atoms with E-state index < -0.39 is 23.8 Å². The highest BCUT2D eigenvalue weighted by Gasteiger charge is 2.18. The summed E-state index contributed by atoms with van der Waals surface area (Å²) >= 11 is 0. The Morgan fingerprint density at radius 3 is 1.54 bits per heavy atom. The average molecular weight is 362 g/mol. The van der Waals surface area contributed by atoms with Crippen LogP contribution in [-0.2, 0) is 19.2 Å². The molecule has 0 bridgehead atoms. The van der Waals surface area contributed by atoms with Gasteiger partial charge in [-0.2, -0.15) is 0 Å². The number of carboxylic acid groups (broad SMARTS) is 2. The molecule has 2 aliphatic rings. The zero-order valence-corrected chi connectivity index (χ0v) is 13.7. The van der Waals surface area contributed by atoms with Crippen molar-refractivity contribution in [2.75, 3.05) is 13.1 Å². The van der Waals surface area contributed by atoms with E-state index in [1.54, 1.807) is 24.6 Å².